The van der Waals surface area contributed by atoms with Crippen molar-refractivity contribution in [3.05, 3.63) is 0 Å². The lowest BCUT2D eigenvalue weighted by molar-refractivity contribution is -0.136. The second kappa shape index (κ2) is 6.34. The fourth-order valence-corrected chi connectivity index (χ4v) is 4.75. The van der Waals surface area contributed by atoms with Crippen molar-refractivity contribution in [2.24, 2.45) is 5.92 Å². The summed E-state index contributed by atoms with van der Waals surface area (Å²) >= 11 is 0. The largest absolute Gasteiger partial charge is 0.344 e. The van der Waals surface area contributed by atoms with Crippen LogP contribution in [0.5, 0.6) is 0 Å². The summed E-state index contributed by atoms with van der Waals surface area (Å²) in [5.41, 5.74) is 0. The maximum atomic E-state index is 12.7. The number of hydrogen-bond donors (Lipinski definition) is 1. The monoisotopic (exact) mass is 316 g/mol. The molecule has 2 rings (SSSR count). The Labute approximate surface area is 126 Å². The fourth-order valence-electron chi connectivity index (χ4n) is 3.05. The van der Waals surface area contributed by atoms with Crippen LogP contribution in [-0.4, -0.2) is 55.3 Å². The first-order valence-corrected chi connectivity index (χ1v) is 9.46. The number of carbonyl (C=O) groups is 2. The molecular formula is C14H24N2O4S. The van der Waals surface area contributed by atoms with Gasteiger partial charge < -0.3 is 10.2 Å². The van der Waals surface area contributed by atoms with Gasteiger partial charge >= 0.3 is 0 Å². The van der Waals surface area contributed by atoms with Crippen LogP contribution in [0.15, 0.2) is 0 Å². The first-order chi connectivity index (χ1) is 9.84. The topological polar surface area (TPSA) is 83.6 Å². The highest BCUT2D eigenvalue weighted by Gasteiger charge is 2.38. The Bertz CT molecular complexity index is 517. The molecule has 0 saturated carbocycles. The van der Waals surface area contributed by atoms with Gasteiger partial charge in [-0.15, -0.1) is 0 Å². The van der Waals surface area contributed by atoms with E-state index in [0.29, 0.717) is 19.4 Å². The Balaban J connectivity index is 2.21. The molecule has 0 spiro atoms. The number of hydrogen-bond acceptors (Lipinski definition) is 4. The Morgan fingerprint density at radius 2 is 2.10 bits per heavy atom. The molecule has 7 heteroatoms. The van der Waals surface area contributed by atoms with Crippen LogP contribution in [0.25, 0.3) is 0 Å². The normalized spacial score (nSPS) is 31.4. The smallest absolute Gasteiger partial charge is 0.245 e. The summed E-state index contributed by atoms with van der Waals surface area (Å²) in [7, 11) is -3.07. The van der Waals surface area contributed by atoms with Gasteiger partial charge in [-0.3, -0.25) is 9.59 Å². The van der Waals surface area contributed by atoms with E-state index < -0.39 is 15.9 Å². The van der Waals surface area contributed by atoms with E-state index in [2.05, 4.69) is 5.32 Å². The average molecular weight is 316 g/mol. The van der Waals surface area contributed by atoms with Gasteiger partial charge in [-0.25, -0.2) is 8.42 Å². The predicted octanol–water partition coefficient (Wildman–Crippen LogP) is 0.327. The van der Waals surface area contributed by atoms with Crippen molar-refractivity contribution < 1.29 is 18.0 Å². The standard InChI is InChI=1S/C14H24N2O4S/c1-3-10(2)13-14(18)16(7-6-12(17)15-13)11-5-4-8-21(19,20)9-11/h10-11,13H,3-9H2,1-2H3,(H,15,17). The van der Waals surface area contributed by atoms with Crippen LogP contribution in [0.2, 0.25) is 0 Å². The van der Waals surface area contributed by atoms with E-state index in [-0.39, 0.29) is 41.7 Å². The van der Waals surface area contributed by atoms with Crippen molar-refractivity contribution >= 4 is 21.7 Å². The van der Waals surface area contributed by atoms with Crippen LogP contribution < -0.4 is 5.32 Å². The highest BCUT2D eigenvalue weighted by atomic mass is 32.2. The number of carbonyl (C=O) groups excluding carboxylic acids is 2. The third-order valence-corrected chi connectivity index (χ3v) is 6.34. The van der Waals surface area contributed by atoms with Gasteiger partial charge in [-0.2, -0.15) is 0 Å². The summed E-state index contributed by atoms with van der Waals surface area (Å²) in [6, 6.07) is -0.815. The number of nitrogens with one attached hydrogen (secondary N) is 1. The second-order valence-corrected chi connectivity index (χ2v) is 8.35. The molecule has 120 valence electrons. The van der Waals surface area contributed by atoms with Gasteiger partial charge in [0.1, 0.15) is 6.04 Å². The molecule has 2 aliphatic rings. The van der Waals surface area contributed by atoms with Gasteiger partial charge in [-0.05, 0) is 18.8 Å². The highest BCUT2D eigenvalue weighted by Crippen LogP contribution is 2.22. The Morgan fingerprint density at radius 1 is 1.38 bits per heavy atom. The lowest BCUT2D eigenvalue weighted by Crippen LogP contribution is -2.53. The molecule has 21 heavy (non-hydrogen) atoms. The zero-order valence-corrected chi connectivity index (χ0v) is 13.5. The van der Waals surface area contributed by atoms with E-state index in [0.717, 1.165) is 6.42 Å². The Hall–Kier alpha value is -1.11. The van der Waals surface area contributed by atoms with E-state index in [1.165, 1.54) is 0 Å². The van der Waals surface area contributed by atoms with Gasteiger partial charge in [0, 0.05) is 19.0 Å². The molecule has 0 radical (unpaired) electrons. The van der Waals surface area contributed by atoms with Gasteiger partial charge in [0.2, 0.25) is 11.8 Å². The van der Waals surface area contributed by atoms with Crippen LogP contribution in [0.1, 0.15) is 39.5 Å². The molecule has 2 aliphatic heterocycles. The summed E-state index contributed by atoms with van der Waals surface area (Å²) in [4.78, 5) is 26.2. The van der Waals surface area contributed by atoms with Crippen molar-refractivity contribution in [3.8, 4) is 0 Å². The molecule has 2 amide bonds. The summed E-state index contributed by atoms with van der Waals surface area (Å²) in [5.74, 6) is 0.0202. The molecule has 0 aromatic carbocycles. The van der Waals surface area contributed by atoms with E-state index in [1.807, 2.05) is 13.8 Å². The van der Waals surface area contributed by atoms with Crippen molar-refractivity contribution in [3.63, 3.8) is 0 Å². The van der Waals surface area contributed by atoms with Gasteiger partial charge in [0.25, 0.3) is 0 Å². The van der Waals surface area contributed by atoms with Gasteiger partial charge in [0.05, 0.1) is 11.5 Å². The second-order valence-electron chi connectivity index (χ2n) is 6.12. The Morgan fingerprint density at radius 3 is 2.71 bits per heavy atom. The van der Waals surface area contributed by atoms with E-state index in [1.54, 1.807) is 4.90 Å². The quantitative estimate of drug-likeness (QED) is 0.813. The molecule has 0 bridgehead atoms. The van der Waals surface area contributed by atoms with Crippen molar-refractivity contribution in [2.75, 3.05) is 18.1 Å². The maximum Gasteiger partial charge on any atom is 0.245 e. The summed E-state index contributed by atoms with van der Waals surface area (Å²) < 4.78 is 23.6. The van der Waals surface area contributed by atoms with E-state index >= 15 is 0 Å². The SMILES string of the molecule is CCC(C)C1NC(=O)CCN(C2CCCS(=O)(=O)C2)C1=O. The number of nitrogens with zero attached hydrogens (tertiary/aromatic N) is 1. The number of amides is 2. The summed E-state index contributed by atoms with van der Waals surface area (Å²) in [6.07, 6.45) is 2.32. The zero-order chi connectivity index (χ0) is 15.6. The molecular weight excluding hydrogens is 292 g/mol. The third-order valence-electron chi connectivity index (χ3n) is 4.54. The lowest BCUT2D eigenvalue weighted by Gasteiger charge is -2.35. The zero-order valence-electron chi connectivity index (χ0n) is 12.7. The molecule has 1 N–H and O–H groups in total. The molecule has 2 heterocycles. The lowest BCUT2D eigenvalue weighted by atomic mass is 9.97. The van der Waals surface area contributed by atoms with E-state index in [4.69, 9.17) is 0 Å². The molecule has 2 saturated heterocycles. The highest BCUT2D eigenvalue weighted by molar-refractivity contribution is 7.91. The van der Waals surface area contributed by atoms with Crippen molar-refractivity contribution in [1.82, 2.24) is 10.2 Å². The van der Waals surface area contributed by atoms with Crippen LogP contribution in [0.4, 0.5) is 0 Å². The number of sulfone groups is 1. The van der Waals surface area contributed by atoms with Crippen LogP contribution in [0.3, 0.4) is 0 Å². The average Bonchev–Trinajstić information content (AvgIpc) is 2.56. The van der Waals surface area contributed by atoms with E-state index in [9.17, 15) is 18.0 Å². The van der Waals surface area contributed by atoms with Gasteiger partial charge in [0.15, 0.2) is 9.84 Å². The first-order valence-electron chi connectivity index (χ1n) is 7.64. The Kier molecular flexibility index (Phi) is 4.91. The van der Waals surface area contributed by atoms with Crippen LogP contribution >= 0.6 is 0 Å². The van der Waals surface area contributed by atoms with Crippen molar-refractivity contribution in [1.29, 1.82) is 0 Å². The minimum absolute atomic E-state index is 0.0279. The molecule has 0 aromatic heterocycles. The van der Waals surface area contributed by atoms with Crippen LogP contribution in [-0.2, 0) is 19.4 Å². The van der Waals surface area contributed by atoms with Crippen molar-refractivity contribution in [2.45, 2.75) is 51.6 Å². The maximum absolute atomic E-state index is 12.7. The predicted molar refractivity (Wildman–Crippen MR) is 79.4 cm³/mol. The number of rotatable bonds is 3. The minimum Gasteiger partial charge on any atom is -0.344 e. The molecule has 3 unspecified atom stereocenters. The molecule has 2 fully saturated rings. The molecule has 6 nitrogen and oxygen atoms in total. The van der Waals surface area contributed by atoms with Crippen LogP contribution in [0, 0.1) is 5.92 Å². The molecule has 3 atom stereocenters. The molecule has 0 aromatic rings. The minimum atomic E-state index is -3.07. The third kappa shape index (κ3) is 3.75. The fraction of sp³-hybridized carbons (Fsp3) is 0.857. The van der Waals surface area contributed by atoms with Gasteiger partial charge in [-0.1, -0.05) is 20.3 Å². The summed E-state index contributed by atoms with van der Waals surface area (Å²) in [6.45, 7) is 4.23. The first kappa shape index (κ1) is 16.3. The molecule has 0 aliphatic carbocycles. The summed E-state index contributed by atoms with van der Waals surface area (Å²) in [5, 5.41) is 2.79.